The van der Waals surface area contributed by atoms with Crippen molar-refractivity contribution in [2.24, 2.45) is 11.0 Å². The zero-order valence-corrected chi connectivity index (χ0v) is 17.2. The number of hydrogen-bond donors (Lipinski definition) is 2. The van der Waals surface area contributed by atoms with Gasteiger partial charge < -0.3 is 10.6 Å². The minimum Gasteiger partial charge on any atom is -0.350 e. The fourth-order valence-corrected chi connectivity index (χ4v) is 4.38. The maximum atomic E-state index is 12.3. The lowest BCUT2D eigenvalue weighted by Crippen LogP contribution is -2.41. The van der Waals surface area contributed by atoms with E-state index in [2.05, 4.69) is 15.7 Å². The van der Waals surface area contributed by atoms with Crippen molar-refractivity contribution < 1.29 is 9.59 Å². The van der Waals surface area contributed by atoms with Gasteiger partial charge in [0, 0.05) is 25.6 Å². The normalized spacial score (nSPS) is 17.7. The summed E-state index contributed by atoms with van der Waals surface area (Å²) in [6.07, 6.45) is 1.76. The number of thiophene rings is 1. The zero-order valence-electron chi connectivity index (χ0n) is 15.7. The molecule has 146 valence electrons. The van der Waals surface area contributed by atoms with E-state index in [0.717, 1.165) is 36.0 Å². The van der Waals surface area contributed by atoms with Crippen molar-refractivity contribution >= 4 is 51.2 Å². The molecule has 27 heavy (non-hydrogen) atoms. The quantitative estimate of drug-likeness (QED) is 0.332. The molecular weight excluding hydrogens is 386 g/mol. The molecule has 1 unspecified atom stereocenters. The number of aromatic nitrogens is 1. The van der Waals surface area contributed by atoms with Crippen LogP contribution in [0, 0.1) is 5.92 Å². The second-order valence-electron chi connectivity index (χ2n) is 7.01. The summed E-state index contributed by atoms with van der Waals surface area (Å²) in [7, 11) is 1.76. The van der Waals surface area contributed by atoms with Gasteiger partial charge in [0.2, 0.25) is 5.91 Å². The van der Waals surface area contributed by atoms with E-state index in [1.54, 1.807) is 12.1 Å². The van der Waals surface area contributed by atoms with Crippen LogP contribution in [0.1, 0.15) is 30.8 Å². The number of amides is 1. The van der Waals surface area contributed by atoms with Gasteiger partial charge in [0.1, 0.15) is 12.4 Å². The number of rotatable bonds is 6. The molecule has 1 amide bonds. The van der Waals surface area contributed by atoms with Crippen molar-refractivity contribution in [3.8, 4) is 0 Å². The van der Waals surface area contributed by atoms with E-state index in [1.165, 1.54) is 11.3 Å². The predicted molar refractivity (Wildman–Crippen MR) is 110 cm³/mol. The number of carbonyl (C=O) groups excluding carboxylic acids is 2. The maximum absolute atomic E-state index is 12.3. The molecule has 3 heterocycles. The average Bonchev–Trinajstić information content (AvgIpc) is 3.28. The minimum atomic E-state index is -0.0649. The molecule has 1 aliphatic heterocycles. The Morgan fingerprint density at radius 1 is 1.56 bits per heavy atom. The van der Waals surface area contributed by atoms with Crippen molar-refractivity contribution in [1.82, 2.24) is 20.2 Å². The maximum Gasteiger partial charge on any atom is 0.241 e. The number of nitrogens with zero attached hydrogens (tertiary/aromatic N) is 3. The summed E-state index contributed by atoms with van der Waals surface area (Å²) < 4.78 is 3.42. The summed E-state index contributed by atoms with van der Waals surface area (Å²) in [4.78, 5) is 23.8. The van der Waals surface area contributed by atoms with Crippen LogP contribution in [0.4, 0.5) is 0 Å². The van der Waals surface area contributed by atoms with Gasteiger partial charge in [0.15, 0.2) is 6.29 Å². The number of halogens is 1. The number of nitrogens with one attached hydrogen (secondary N) is 2. The third kappa shape index (κ3) is 4.51. The molecule has 9 heteroatoms. The van der Waals surface area contributed by atoms with Gasteiger partial charge >= 0.3 is 0 Å². The average molecular weight is 410 g/mol. The van der Waals surface area contributed by atoms with Gasteiger partial charge in [-0.2, -0.15) is 5.10 Å². The molecule has 0 aromatic carbocycles. The molecule has 0 aliphatic carbocycles. The molecule has 1 aliphatic rings. The Kier molecular flexibility index (Phi) is 6.18. The summed E-state index contributed by atoms with van der Waals surface area (Å²) in [5.41, 5.74) is 1.38. The summed E-state index contributed by atoms with van der Waals surface area (Å²) in [6.45, 7) is 5.89. The lowest BCUT2D eigenvalue weighted by atomic mass is 10.2. The minimum absolute atomic E-state index is 0.0440. The Hall–Kier alpha value is -1.90. The van der Waals surface area contributed by atoms with Gasteiger partial charge in [-0.1, -0.05) is 25.4 Å². The molecule has 2 N–H and O–H groups in total. The summed E-state index contributed by atoms with van der Waals surface area (Å²) in [5.74, 6) is 0.673. The summed E-state index contributed by atoms with van der Waals surface area (Å²) in [6, 6.07) is 3.83. The van der Waals surface area contributed by atoms with E-state index < -0.39 is 0 Å². The Morgan fingerprint density at radius 2 is 2.33 bits per heavy atom. The predicted octanol–water partition coefficient (Wildman–Crippen LogP) is 2.40. The molecule has 0 bridgehead atoms. The molecule has 7 nitrogen and oxygen atoms in total. The SMILES string of the molecule is CC(C)/C(=N/N(C)CC(=O)NC1CCNC1)n1c(C=O)cc2sc(Cl)cc21. The van der Waals surface area contributed by atoms with E-state index >= 15 is 0 Å². The first-order valence-corrected chi connectivity index (χ1v) is 10.1. The standard InChI is InChI=1S/C18H24ClN5O2S/c1-11(2)18(22-23(3)9-17(26)21-12-4-5-20-8-12)24-13(10-25)6-15-14(24)7-16(19)27-15/h6-7,10-12,20H,4-5,8-9H2,1-3H3,(H,21,26)/b22-18-. The van der Waals surface area contributed by atoms with Crippen LogP contribution in [0.5, 0.6) is 0 Å². The molecule has 1 atom stereocenters. The molecule has 2 aromatic heterocycles. The topological polar surface area (TPSA) is 78.7 Å². The van der Waals surface area contributed by atoms with Crippen LogP contribution >= 0.6 is 22.9 Å². The molecule has 1 saturated heterocycles. The van der Waals surface area contributed by atoms with Gasteiger partial charge in [0.05, 0.1) is 20.2 Å². The van der Waals surface area contributed by atoms with Crippen LogP contribution in [-0.4, -0.2) is 60.3 Å². The largest absolute Gasteiger partial charge is 0.350 e. The fraction of sp³-hybridized carbons (Fsp3) is 0.500. The van der Waals surface area contributed by atoms with Crippen LogP contribution in [0.25, 0.3) is 10.2 Å². The molecule has 1 fully saturated rings. The highest BCUT2D eigenvalue weighted by Gasteiger charge is 2.20. The van der Waals surface area contributed by atoms with E-state index in [0.29, 0.717) is 15.9 Å². The molecular formula is C18H24ClN5O2S. The monoisotopic (exact) mass is 409 g/mol. The van der Waals surface area contributed by atoms with Gasteiger partial charge in [-0.3, -0.25) is 19.2 Å². The Morgan fingerprint density at radius 3 is 2.96 bits per heavy atom. The van der Waals surface area contributed by atoms with Crippen LogP contribution in [0.2, 0.25) is 4.34 Å². The van der Waals surface area contributed by atoms with Crippen molar-refractivity contribution in [3.05, 3.63) is 22.2 Å². The number of fused-ring (bicyclic) bond motifs is 1. The van der Waals surface area contributed by atoms with E-state index in [4.69, 9.17) is 11.6 Å². The fourth-order valence-electron chi connectivity index (χ4n) is 3.21. The second-order valence-corrected chi connectivity index (χ2v) is 8.72. The second kappa shape index (κ2) is 8.41. The molecule has 3 rings (SSSR count). The molecule has 0 radical (unpaired) electrons. The first-order chi connectivity index (χ1) is 12.9. The van der Waals surface area contributed by atoms with Crippen LogP contribution in [-0.2, 0) is 4.79 Å². The highest BCUT2D eigenvalue weighted by Crippen LogP contribution is 2.32. The van der Waals surface area contributed by atoms with Gasteiger partial charge in [0.25, 0.3) is 0 Å². The summed E-state index contributed by atoms with van der Waals surface area (Å²) >= 11 is 7.57. The van der Waals surface area contributed by atoms with Crippen molar-refractivity contribution in [2.75, 3.05) is 26.7 Å². The van der Waals surface area contributed by atoms with E-state index in [-0.39, 0.29) is 24.4 Å². The zero-order chi connectivity index (χ0) is 19.6. The lowest BCUT2D eigenvalue weighted by Gasteiger charge is -2.20. The smallest absolute Gasteiger partial charge is 0.241 e. The number of hydrazone groups is 1. The van der Waals surface area contributed by atoms with E-state index in [9.17, 15) is 9.59 Å². The Bertz CT molecular complexity index is 867. The molecule has 0 spiro atoms. The molecule has 2 aromatic rings. The number of hydrogen-bond acceptors (Lipinski definition) is 6. The molecule has 0 saturated carbocycles. The first kappa shape index (κ1) is 19.9. The highest BCUT2D eigenvalue weighted by molar-refractivity contribution is 7.22. The lowest BCUT2D eigenvalue weighted by molar-refractivity contribution is -0.122. The van der Waals surface area contributed by atoms with Crippen LogP contribution < -0.4 is 10.6 Å². The van der Waals surface area contributed by atoms with Gasteiger partial charge in [-0.05, 0) is 25.1 Å². The summed E-state index contributed by atoms with van der Waals surface area (Å²) in [5, 5.41) is 12.5. The van der Waals surface area contributed by atoms with Crippen molar-refractivity contribution in [2.45, 2.75) is 26.3 Å². The van der Waals surface area contributed by atoms with Gasteiger partial charge in [-0.25, -0.2) is 0 Å². The van der Waals surface area contributed by atoms with Gasteiger partial charge in [-0.15, -0.1) is 11.3 Å². The van der Waals surface area contributed by atoms with Crippen molar-refractivity contribution in [1.29, 1.82) is 0 Å². The number of likely N-dealkylation sites (N-methyl/N-ethyl adjacent to an activating group) is 1. The van der Waals surface area contributed by atoms with Crippen LogP contribution in [0.15, 0.2) is 17.2 Å². The Balaban J connectivity index is 1.84. The van der Waals surface area contributed by atoms with E-state index in [1.807, 2.05) is 30.5 Å². The number of aldehydes is 1. The van der Waals surface area contributed by atoms with Crippen molar-refractivity contribution in [3.63, 3.8) is 0 Å². The highest BCUT2D eigenvalue weighted by atomic mass is 35.5. The third-order valence-electron chi connectivity index (χ3n) is 4.43. The van der Waals surface area contributed by atoms with Crippen LogP contribution in [0.3, 0.4) is 0 Å². The third-order valence-corrected chi connectivity index (χ3v) is 5.63. The Labute approximate surface area is 167 Å². The first-order valence-electron chi connectivity index (χ1n) is 8.95. The number of carbonyl (C=O) groups is 2.